The molecule has 0 fully saturated rings. The predicted molar refractivity (Wildman–Crippen MR) is 114 cm³/mol. The second-order valence-corrected chi connectivity index (χ2v) is 8.00. The van der Waals surface area contributed by atoms with E-state index in [1.807, 2.05) is 0 Å². The van der Waals surface area contributed by atoms with Crippen LogP contribution in [0.2, 0.25) is 0 Å². The third-order valence-electron chi connectivity index (χ3n) is 5.55. The highest BCUT2D eigenvalue weighted by Crippen LogP contribution is 2.38. The minimum Gasteiger partial charge on any atom is -0.467 e. The highest BCUT2D eigenvalue weighted by molar-refractivity contribution is 6.00. The van der Waals surface area contributed by atoms with E-state index >= 15 is 0 Å². The zero-order chi connectivity index (χ0) is 26.3. The Morgan fingerprint density at radius 3 is 2.22 bits per heavy atom. The maximum absolute atomic E-state index is 13.3. The Labute approximate surface area is 200 Å². The fraction of sp³-hybridized carbons (Fsp3) is 0.208. The number of nitrogens with zero attached hydrogens (tertiary/aromatic N) is 2. The number of alkyl halides is 6. The highest BCUT2D eigenvalue weighted by Gasteiger charge is 2.37. The molecule has 12 heteroatoms. The lowest BCUT2D eigenvalue weighted by molar-refractivity contribution is -0.143. The fourth-order valence-electron chi connectivity index (χ4n) is 3.91. The number of hydrogen-bond donors (Lipinski definition) is 1. The number of primary amides is 1. The molecule has 0 aliphatic carbocycles. The predicted octanol–water partition coefficient (Wildman–Crippen LogP) is 4.81. The average molecular weight is 509 g/mol. The van der Waals surface area contributed by atoms with E-state index in [1.165, 1.54) is 12.3 Å². The van der Waals surface area contributed by atoms with Gasteiger partial charge >= 0.3 is 12.4 Å². The summed E-state index contributed by atoms with van der Waals surface area (Å²) in [5.74, 6) is -1.35. The second kappa shape index (κ2) is 9.17. The molecule has 1 aliphatic heterocycles. The van der Waals surface area contributed by atoms with Crippen molar-refractivity contribution in [2.24, 2.45) is 5.73 Å². The molecule has 0 spiro atoms. The van der Waals surface area contributed by atoms with E-state index in [2.05, 4.69) is 4.98 Å². The van der Waals surface area contributed by atoms with E-state index in [0.29, 0.717) is 28.8 Å². The molecule has 1 aliphatic rings. The largest absolute Gasteiger partial charge is 0.467 e. The minimum atomic E-state index is -5.02. The molecule has 1 aromatic heterocycles. The molecule has 0 saturated heterocycles. The van der Waals surface area contributed by atoms with Gasteiger partial charge in [0.25, 0.3) is 5.91 Å². The van der Waals surface area contributed by atoms with Gasteiger partial charge < -0.3 is 15.4 Å². The smallest absolute Gasteiger partial charge is 0.416 e. The number of nitrogens with two attached hydrogens (primary N) is 1. The van der Waals surface area contributed by atoms with Crippen LogP contribution < -0.4 is 10.5 Å². The summed E-state index contributed by atoms with van der Waals surface area (Å²) >= 11 is 0. The van der Waals surface area contributed by atoms with E-state index in [-0.39, 0.29) is 29.6 Å². The SMILES string of the molecule is NC(=O)c1ccccc1-c1ccnc2c1CN(Cc1cc(C(F)(F)F)cc(C(F)(F)F)c1)C(=O)CO2. The van der Waals surface area contributed by atoms with Gasteiger partial charge in [-0.1, -0.05) is 18.2 Å². The summed E-state index contributed by atoms with van der Waals surface area (Å²) in [6, 6.07) is 9.06. The molecule has 2 amide bonds. The van der Waals surface area contributed by atoms with Crippen molar-refractivity contribution in [3.63, 3.8) is 0 Å². The van der Waals surface area contributed by atoms with E-state index in [4.69, 9.17) is 10.5 Å². The molecule has 0 bridgehead atoms. The number of aromatic nitrogens is 1. The number of benzene rings is 2. The molecule has 2 heterocycles. The summed E-state index contributed by atoms with van der Waals surface area (Å²) in [6.07, 6.45) is -8.66. The van der Waals surface area contributed by atoms with Crippen LogP contribution >= 0.6 is 0 Å². The Balaban J connectivity index is 1.77. The Kier molecular flexibility index (Phi) is 6.37. The maximum atomic E-state index is 13.3. The number of hydrogen-bond acceptors (Lipinski definition) is 4. The first-order valence-corrected chi connectivity index (χ1v) is 10.4. The average Bonchev–Trinajstić information content (AvgIpc) is 2.96. The van der Waals surface area contributed by atoms with Crippen molar-refractivity contribution in [2.45, 2.75) is 25.4 Å². The number of carbonyl (C=O) groups is 2. The third kappa shape index (κ3) is 5.11. The Morgan fingerprint density at radius 1 is 0.972 bits per heavy atom. The quantitative estimate of drug-likeness (QED) is 0.512. The van der Waals surface area contributed by atoms with Crippen LogP contribution in [0.25, 0.3) is 11.1 Å². The molecule has 0 atom stereocenters. The van der Waals surface area contributed by atoms with Crippen LogP contribution in [-0.2, 0) is 30.2 Å². The first-order valence-electron chi connectivity index (χ1n) is 10.4. The number of halogens is 6. The molecule has 4 rings (SSSR count). The molecule has 0 unspecified atom stereocenters. The normalized spacial score (nSPS) is 14.2. The van der Waals surface area contributed by atoms with Crippen molar-refractivity contribution in [3.05, 3.63) is 82.5 Å². The topological polar surface area (TPSA) is 85.5 Å². The summed E-state index contributed by atoms with van der Waals surface area (Å²) in [4.78, 5) is 29.8. The Hall–Kier alpha value is -4.09. The molecule has 188 valence electrons. The summed E-state index contributed by atoms with van der Waals surface area (Å²) in [5.41, 5.74) is 3.46. The second-order valence-electron chi connectivity index (χ2n) is 8.00. The van der Waals surface area contributed by atoms with Crippen LogP contribution in [0.5, 0.6) is 5.88 Å². The number of ether oxygens (including phenoxy) is 1. The summed E-state index contributed by atoms with van der Waals surface area (Å²) < 4.78 is 85.2. The van der Waals surface area contributed by atoms with E-state index in [1.54, 1.807) is 24.3 Å². The highest BCUT2D eigenvalue weighted by atomic mass is 19.4. The molecule has 0 saturated carbocycles. The fourth-order valence-corrected chi connectivity index (χ4v) is 3.91. The molecule has 6 nitrogen and oxygen atoms in total. The van der Waals surface area contributed by atoms with E-state index < -0.39 is 48.4 Å². The summed E-state index contributed by atoms with van der Waals surface area (Å²) in [5, 5.41) is 0. The van der Waals surface area contributed by atoms with Gasteiger partial charge in [0.1, 0.15) is 0 Å². The Bertz CT molecular complexity index is 1310. The zero-order valence-electron chi connectivity index (χ0n) is 18.3. The van der Waals surface area contributed by atoms with Crippen molar-refractivity contribution in [2.75, 3.05) is 6.61 Å². The number of pyridine rings is 1. The molecular formula is C24H17F6N3O3. The minimum absolute atomic E-state index is 0.0228. The van der Waals surface area contributed by atoms with Gasteiger partial charge in [-0.05, 0) is 47.0 Å². The maximum Gasteiger partial charge on any atom is 0.416 e. The molecule has 36 heavy (non-hydrogen) atoms. The number of carbonyl (C=O) groups excluding carboxylic acids is 2. The first kappa shape index (κ1) is 25.0. The molecule has 2 N–H and O–H groups in total. The van der Waals surface area contributed by atoms with Crippen molar-refractivity contribution in [3.8, 4) is 17.0 Å². The molecule has 0 radical (unpaired) electrons. The van der Waals surface area contributed by atoms with Gasteiger partial charge in [0.2, 0.25) is 11.8 Å². The van der Waals surface area contributed by atoms with Crippen molar-refractivity contribution < 1.29 is 40.7 Å². The zero-order valence-corrected chi connectivity index (χ0v) is 18.3. The number of amides is 2. The van der Waals surface area contributed by atoms with Gasteiger partial charge in [-0.25, -0.2) is 4.98 Å². The standard InChI is InChI=1S/C24H17F6N3O3/c25-23(26,27)14-7-13(8-15(9-14)24(28,29)30)10-33-11-19-17(5-6-32-22(19)36-12-20(33)34)16-3-1-2-4-18(16)21(31)35/h1-9H,10-12H2,(H2,31,35). The van der Waals surface area contributed by atoms with Crippen LogP contribution in [0.3, 0.4) is 0 Å². The van der Waals surface area contributed by atoms with E-state index in [0.717, 1.165) is 4.90 Å². The lowest BCUT2D eigenvalue weighted by Crippen LogP contribution is -2.32. The van der Waals surface area contributed by atoms with Crippen LogP contribution in [0.4, 0.5) is 26.3 Å². The summed E-state index contributed by atoms with van der Waals surface area (Å²) in [7, 11) is 0. The van der Waals surface area contributed by atoms with Crippen LogP contribution in [0.1, 0.15) is 32.6 Å². The van der Waals surface area contributed by atoms with Gasteiger partial charge in [-0.2, -0.15) is 26.3 Å². The van der Waals surface area contributed by atoms with Crippen LogP contribution in [0.15, 0.2) is 54.7 Å². The summed E-state index contributed by atoms with van der Waals surface area (Å²) in [6.45, 7) is -1.34. The molecular weight excluding hydrogens is 492 g/mol. The van der Waals surface area contributed by atoms with Gasteiger partial charge in [0.05, 0.1) is 17.7 Å². The molecule has 2 aromatic carbocycles. The van der Waals surface area contributed by atoms with Gasteiger partial charge in [0, 0.05) is 23.9 Å². The van der Waals surface area contributed by atoms with Crippen molar-refractivity contribution in [1.82, 2.24) is 9.88 Å². The Morgan fingerprint density at radius 2 is 1.61 bits per heavy atom. The van der Waals surface area contributed by atoms with Gasteiger partial charge in [-0.3, -0.25) is 9.59 Å². The third-order valence-corrected chi connectivity index (χ3v) is 5.55. The lowest BCUT2D eigenvalue weighted by Gasteiger charge is -2.23. The van der Waals surface area contributed by atoms with Crippen LogP contribution in [-0.4, -0.2) is 28.3 Å². The molecule has 3 aromatic rings. The number of fused-ring (bicyclic) bond motifs is 1. The lowest BCUT2D eigenvalue weighted by atomic mass is 9.95. The number of rotatable bonds is 4. The van der Waals surface area contributed by atoms with E-state index in [9.17, 15) is 35.9 Å². The van der Waals surface area contributed by atoms with Gasteiger partial charge in [-0.15, -0.1) is 0 Å². The van der Waals surface area contributed by atoms with Crippen molar-refractivity contribution >= 4 is 11.8 Å². The van der Waals surface area contributed by atoms with Gasteiger partial charge in [0.15, 0.2) is 6.61 Å². The monoisotopic (exact) mass is 509 g/mol. The first-order chi connectivity index (χ1) is 16.8. The van der Waals surface area contributed by atoms with Crippen LogP contribution in [0, 0.1) is 0 Å². The van der Waals surface area contributed by atoms with Crippen molar-refractivity contribution in [1.29, 1.82) is 0 Å².